The minimum Gasteiger partial charge on any atom is -0.280 e. The molecule has 4 heteroatoms. The molecule has 0 rings (SSSR count). The van der Waals surface area contributed by atoms with Gasteiger partial charge in [-0.05, 0) is 25.3 Å². The van der Waals surface area contributed by atoms with E-state index in [1.807, 2.05) is 32.1 Å². The zero-order chi connectivity index (χ0) is 11.7. The molecule has 0 atom stereocenters. The number of carbonyl (C=O) groups excluding carboxylic acids is 1. The number of alkyl halides is 1. The molecule has 0 aromatic heterocycles. The molecule has 15 heavy (non-hydrogen) atoms. The number of carbonyl (C=O) groups is 1. The Bertz CT molecular complexity index is 251. The second-order valence-corrected chi connectivity index (χ2v) is 4.01. The van der Waals surface area contributed by atoms with Crippen molar-refractivity contribution in [1.82, 2.24) is 4.31 Å². The van der Waals surface area contributed by atoms with Crippen LogP contribution in [0.4, 0.5) is 4.39 Å². The summed E-state index contributed by atoms with van der Waals surface area (Å²) < 4.78 is 13.6. The predicted molar refractivity (Wildman–Crippen MR) is 64.1 cm³/mol. The van der Waals surface area contributed by atoms with Gasteiger partial charge in [0.2, 0.25) is 5.91 Å². The Morgan fingerprint density at radius 1 is 1.53 bits per heavy atom. The van der Waals surface area contributed by atoms with E-state index in [9.17, 15) is 9.18 Å². The van der Waals surface area contributed by atoms with Gasteiger partial charge >= 0.3 is 0 Å². The van der Waals surface area contributed by atoms with Crippen molar-refractivity contribution < 1.29 is 9.18 Å². The molecule has 0 aromatic carbocycles. The average molecular weight is 231 g/mol. The van der Waals surface area contributed by atoms with Crippen molar-refractivity contribution in [2.75, 3.05) is 13.2 Å². The topological polar surface area (TPSA) is 20.3 Å². The molecule has 0 saturated heterocycles. The molecule has 0 radical (unpaired) electrons. The molecule has 0 bridgehead atoms. The van der Waals surface area contributed by atoms with Gasteiger partial charge in [-0.25, -0.2) is 4.39 Å². The molecule has 0 fully saturated rings. The molecule has 0 saturated carbocycles. The van der Waals surface area contributed by atoms with Crippen molar-refractivity contribution in [3.63, 3.8) is 0 Å². The molecular formula is C11H18FNOS. The monoisotopic (exact) mass is 231 g/mol. The lowest BCUT2D eigenvalue weighted by atomic mass is 10.4. The van der Waals surface area contributed by atoms with Gasteiger partial charge in [0.15, 0.2) is 0 Å². The molecule has 2 nitrogen and oxygen atoms in total. The van der Waals surface area contributed by atoms with Crippen LogP contribution in [0, 0.1) is 0 Å². The third kappa shape index (κ3) is 6.33. The molecule has 1 amide bonds. The van der Waals surface area contributed by atoms with E-state index in [1.54, 1.807) is 0 Å². The molecule has 0 unspecified atom stereocenters. The Hall–Kier alpha value is -0.770. The van der Waals surface area contributed by atoms with Gasteiger partial charge in [0.25, 0.3) is 0 Å². The number of allylic oxidation sites excluding steroid dienone is 3. The summed E-state index contributed by atoms with van der Waals surface area (Å²) in [6, 6.07) is 0. The summed E-state index contributed by atoms with van der Waals surface area (Å²) in [6.07, 6.45) is 6.73. The fourth-order valence-corrected chi connectivity index (χ4v) is 1.95. The van der Waals surface area contributed by atoms with Crippen LogP contribution in [0.15, 0.2) is 23.1 Å². The quantitative estimate of drug-likeness (QED) is 0.516. The largest absolute Gasteiger partial charge is 0.280 e. The van der Waals surface area contributed by atoms with Gasteiger partial charge in [0, 0.05) is 11.8 Å². The highest BCUT2D eigenvalue weighted by Gasteiger charge is 2.10. The van der Waals surface area contributed by atoms with E-state index in [-0.39, 0.29) is 12.5 Å². The first-order valence-electron chi connectivity index (χ1n) is 5.00. The molecular weight excluding hydrogens is 213 g/mol. The number of hydrogen-bond acceptors (Lipinski definition) is 2. The first-order valence-corrected chi connectivity index (χ1v) is 5.77. The normalized spacial score (nSPS) is 12.1. The van der Waals surface area contributed by atoms with Gasteiger partial charge in [-0.15, -0.1) is 0 Å². The van der Waals surface area contributed by atoms with Crippen LogP contribution in [-0.2, 0) is 4.79 Å². The Labute approximate surface area is 95.4 Å². The molecule has 0 N–H and O–H groups in total. The number of nitrogens with zero attached hydrogens (tertiary/aromatic N) is 1. The third-order valence-corrected chi connectivity index (χ3v) is 2.76. The highest BCUT2D eigenvalue weighted by Crippen LogP contribution is 2.22. The van der Waals surface area contributed by atoms with E-state index in [0.29, 0.717) is 0 Å². The maximum Gasteiger partial charge on any atom is 0.229 e. The zero-order valence-electron chi connectivity index (χ0n) is 9.50. The van der Waals surface area contributed by atoms with Gasteiger partial charge in [-0.2, -0.15) is 0 Å². The van der Waals surface area contributed by atoms with Crippen LogP contribution in [-0.4, -0.2) is 23.4 Å². The summed E-state index contributed by atoms with van der Waals surface area (Å²) in [4.78, 5) is 12.1. The van der Waals surface area contributed by atoms with Crippen molar-refractivity contribution in [2.24, 2.45) is 0 Å². The van der Waals surface area contributed by atoms with Crippen molar-refractivity contribution in [3.05, 3.63) is 23.1 Å². The molecule has 0 aromatic rings. The van der Waals surface area contributed by atoms with Gasteiger partial charge < -0.3 is 0 Å². The lowest BCUT2D eigenvalue weighted by Gasteiger charge is -2.18. The van der Waals surface area contributed by atoms with Crippen molar-refractivity contribution in [3.8, 4) is 0 Å². The summed E-state index contributed by atoms with van der Waals surface area (Å²) in [5.74, 6) is -0.121. The summed E-state index contributed by atoms with van der Waals surface area (Å²) in [5.41, 5.74) is 0. The van der Waals surface area contributed by atoms with E-state index >= 15 is 0 Å². The van der Waals surface area contributed by atoms with Crippen LogP contribution in [0.1, 0.15) is 27.2 Å². The van der Waals surface area contributed by atoms with E-state index in [4.69, 9.17) is 0 Å². The molecule has 0 aliphatic rings. The minimum absolute atomic E-state index is 0.121. The number of hydrogen-bond donors (Lipinski definition) is 0. The fraction of sp³-hybridized carbons (Fsp3) is 0.545. The fourth-order valence-electron chi connectivity index (χ4n) is 0.973. The summed E-state index contributed by atoms with van der Waals surface area (Å²) in [7, 11) is 0. The van der Waals surface area contributed by atoms with Gasteiger partial charge in [-0.1, -0.05) is 25.2 Å². The van der Waals surface area contributed by atoms with Gasteiger partial charge in [0.1, 0.15) is 6.67 Å². The van der Waals surface area contributed by atoms with Crippen molar-refractivity contribution >= 4 is 17.9 Å². The second-order valence-electron chi connectivity index (χ2n) is 2.92. The Morgan fingerprint density at radius 3 is 2.60 bits per heavy atom. The minimum atomic E-state index is -0.512. The second kappa shape index (κ2) is 8.53. The first kappa shape index (κ1) is 14.2. The molecule has 0 heterocycles. The molecule has 86 valence electrons. The van der Waals surface area contributed by atoms with E-state index in [1.165, 1.54) is 23.2 Å². The Balaban J connectivity index is 4.46. The summed E-state index contributed by atoms with van der Waals surface area (Å²) in [6.45, 7) is 5.01. The predicted octanol–water partition coefficient (Wildman–Crippen LogP) is 3.32. The highest BCUT2D eigenvalue weighted by atomic mass is 32.2. The lowest BCUT2D eigenvalue weighted by molar-refractivity contribution is -0.123. The average Bonchev–Trinajstić information content (AvgIpc) is 2.17. The van der Waals surface area contributed by atoms with Gasteiger partial charge in [0.05, 0.1) is 6.54 Å². The van der Waals surface area contributed by atoms with Crippen molar-refractivity contribution in [2.45, 2.75) is 27.2 Å². The highest BCUT2D eigenvalue weighted by molar-refractivity contribution is 8.01. The van der Waals surface area contributed by atoms with E-state index < -0.39 is 6.67 Å². The molecule has 0 aliphatic carbocycles. The van der Waals surface area contributed by atoms with Crippen LogP contribution in [0.3, 0.4) is 0 Å². The van der Waals surface area contributed by atoms with E-state index in [2.05, 4.69) is 0 Å². The summed E-state index contributed by atoms with van der Waals surface area (Å²) in [5, 5.41) is 0. The van der Waals surface area contributed by atoms with Crippen LogP contribution in [0.5, 0.6) is 0 Å². The standard InChI is InChI=1S/C11H18FNOS/c1-4-6-11(7-5-2)15-13(9-8-12)10(3)14/h4,6-7H,5,8-9H2,1-3H3/b6-4-,11-7+. The number of halogens is 1. The lowest BCUT2D eigenvalue weighted by Crippen LogP contribution is -2.23. The van der Waals surface area contributed by atoms with Crippen molar-refractivity contribution in [1.29, 1.82) is 0 Å². The maximum absolute atomic E-state index is 12.2. The summed E-state index contributed by atoms with van der Waals surface area (Å²) >= 11 is 1.29. The Kier molecular flexibility index (Phi) is 8.09. The Morgan fingerprint density at radius 2 is 2.20 bits per heavy atom. The van der Waals surface area contributed by atoms with E-state index in [0.717, 1.165) is 11.3 Å². The van der Waals surface area contributed by atoms with Crippen LogP contribution >= 0.6 is 11.9 Å². The molecule has 0 spiro atoms. The number of rotatable bonds is 6. The smallest absolute Gasteiger partial charge is 0.229 e. The third-order valence-electron chi connectivity index (χ3n) is 1.59. The maximum atomic E-state index is 12.2. The van der Waals surface area contributed by atoms with Crippen LogP contribution in [0.2, 0.25) is 0 Å². The molecule has 0 aliphatic heterocycles. The number of amides is 1. The zero-order valence-corrected chi connectivity index (χ0v) is 10.3. The van der Waals surface area contributed by atoms with Crippen LogP contribution < -0.4 is 0 Å². The first-order chi connectivity index (χ1) is 7.15. The SMILES string of the molecule is C/C=C\C(=C/CC)SN(CCF)C(C)=O. The van der Waals surface area contributed by atoms with Gasteiger partial charge in [-0.3, -0.25) is 9.10 Å². The van der Waals surface area contributed by atoms with Crippen LogP contribution in [0.25, 0.3) is 0 Å².